The lowest BCUT2D eigenvalue weighted by Gasteiger charge is -2.08. The Hall–Kier alpha value is -2.38. The standard InChI is InChI=1S/C19H21N3O3S/c1-13-6-7-15(11-14(13)2)16(23)12-26-19-21-20-18(17-5-4-9-25-17)22(19)8-10-24-3/h4-7,9,11H,8,10,12H2,1-3H3. The van der Waals surface area contributed by atoms with E-state index < -0.39 is 0 Å². The van der Waals surface area contributed by atoms with Crippen LogP contribution < -0.4 is 0 Å². The molecule has 1 aromatic carbocycles. The lowest BCUT2D eigenvalue weighted by molar-refractivity contribution is 0.102. The molecule has 0 unspecified atom stereocenters. The van der Waals surface area contributed by atoms with Crippen molar-refractivity contribution in [2.75, 3.05) is 19.5 Å². The highest BCUT2D eigenvalue weighted by Crippen LogP contribution is 2.25. The molecule has 2 aromatic heterocycles. The van der Waals surface area contributed by atoms with Crippen LogP contribution in [-0.4, -0.2) is 40.0 Å². The summed E-state index contributed by atoms with van der Waals surface area (Å²) in [6.45, 7) is 5.15. The maximum Gasteiger partial charge on any atom is 0.200 e. The molecule has 0 N–H and O–H groups in total. The minimum Gasteiger partial charge on any atom is -0.461 e. The molecule has 6 nitrogen and oxygen atoms in total. The van der Waals surface area contributed by atoms with Gasteiger partial charge in [-0.15, -0.1) is 10.2 Å². The zero-order chi connectivity index (χ0) is 18.5. The van der Waals surface area contributed by atoms with E-state index in [2.05, 4.69) is 10.2 Å². The third kappa shape index (κ3) is 4.05. The molecule has 0 aliphatic heterocycles. The Labute approximate surface area is 156 Å². The zero-order valence-electron chi connectivity index (χ0n) is 15.1. The summed E-state index contributed by atoms with van der Waals surface area (Å²) in [7, 11) is 1.65. The Morgan fingerprint density at radius 2 is 2.08 bits per heavy atom. The second kappa shape index (κ2) is 8.33. The molecule has 0 saturated heterocycles. The number of hydrogen-bond donors (Lipinski definition) is 0. The smallest absolute Gasteiger partial charge is 0.200 e. The SMILES string of the molecule is COCCn1c(SCC(=O)c2ccc(C)c(C)c2)nnc1-c1ccco1. The van der Waals surface area contributed by atoms with Gasteiger partial charge in [-0.25, -0.2) is 0 Å². The first-order chi connectivity index (χ1) is 12.6. The molecule has 0 spiro atoms. The molecule has 3 aromatic rings. The molecule has 0 bridgehead atoms. The van der Waals surface area contributed by atoms with Crippen molar-refractivity contribution in [3.63, 3.8) is 0 Å². The normalized spacial score (nSPS) is 11.0. The van der Waals surface area contributed by atoms with Gasteiger partial charge in [-0.2, -0.15) is 0 Å². The molecule has 0 amide bonds. The minimum absolute atomic E-state index is 0.0685. The monoisotopic (exact) mass is 371 g/mol. The molecule has 7 heteroatoms. The first-order valence-electron chi connectivity index (χ1n) is 8.29. The van der Waals surface area contributed by atoms with Crippen molar-refractivity contribution in [1.29, 1.82) is 0 Å². The van der Waals surface area contributed by atoms with E-state index in [-0.39, 0.29) is 5.78 Å². The second-order valence-corrected chi connectivity index (χ2v) is 6.88. The van der Waals surface area contributed by atoms with Crippen molar-refractivity contribution in [3.05, 3.63) is 53.3 Å². The Balaban J connectivity index is 1.76. The molecule has 0 fully saturated rings. The molecule has 0 atom stereocenters. The van der Waals surface area contributed by atoms with Gasteiger partial charge in [0.15, 0.2) is 16.7 Å². The van der Waals surface area contributed by atoms with Crippen LogP contribution in [0.1, 0.15) is 21.5 Å². The topological polar surface area (TPSA) is 70.2 Å². The summed E-state index contributed by atoms with van der Waals surface area (Å²) in [6, 6.07) is 9.42. The van der Waals surface area contributed by atoms with Gasteiger partial charge in [0.05, 0.1) is 25.2 Å². The van der Waals surface area contributed by atoms with Gasteiger partial charge >= 0.3 is 0 Å². The summed E-state index contributed by atoms with van der Waals surface area (Å²) in [5, 5.41) is 9.12. The molecule has 0 aliphatic carbocycles. The van der Waals surface area contributed by atoms with E-state index in [1.54, 1.807) is 19.4 Å². The number of nitrogens with zero attached hydrogens (tertiary/aromatic N) is 3. The van der Waals surface area contributed by atoms with Crippen LogP contribution in [-0.2, 0) is 11.3 Å². The van der Waals surface area contributed by atoms with E-state index in [1.165, 1.54) is 17.3 Å². The van der Waals surface area contributed by atoms with Gasteiger partial charge in [-0.1, -0.05) is 23.9 Å². The van der Waals surface area contributed by atoms with Crippen molar-refractivity contribution in [2.45, 2.75) is 25.5 Å². The molecule has 2 heterocycles. The molecule has 3 rings (SSSR count). The highest BCUT2D eigenvalue weighted by Gasteiger charge is 2.17. The Morgan fingerprint density at radius 1 is 1.23 bits per heavy atom. The number of methoxy groups -OCH3 is 1. The summed E-state index contributed by atoms with van der Waals surface area (Å²) in [4.78, 5) is 12.5. The Bertz CT molecular complexity index is 888. The highest BCUT2D eigenvalue weighted by molar-refractivity contribution is 7.99. The molecular weight excluding hydrogens is 350 g/mol. The van der Waals surface area contributed by atoms with Crippen LogP contribution >= 0.6 is 11.8 Å². The van der Waals surface area contributed by atoms with Crippen LogP contribution in [0.25, 0.3) is 11.6 Å². The number of Topliss-reactive ketones (excluding diaryl/α,β-unsaturated/α-hetero) is 1. The number of carbonyl (C=O) groups excluding carboxylic acids is 1. The lowest BCUT2D eigenvalue weighted by atomic mass is 10.0. The average molecular weight is 371 g/mol. The van der Waals surface area contributed by atoms with E-state index >= 15 is 0 Å². The summed E-state index contributed by atoms with van der Waals surface area (Å²) < 4.78 is 12.5. The predicted molar refractivity (Wildman–Crippen MR) is 101 cm³/mol. The fourth-order valence-corrected chi connectivity index (χ4v) is 3.35. The van der Waals surface area contributed by atoms with Gasteiger partial charge in [0.2, 0.25) is 5.82 Å². The number of aryl methyl sites for hydroxylation is 2. The third-order valence-corrected chi connectivity index (χ3v) is 5.11. The van der Waals surface area contributed by atoms with E-state index in [0.717, 1.165) is 11.1 Å². The minimum atomic E-state index is 0.0685. The van der Waals surface area contributed by atoms with Crippen molar-refractivity contribution >= 4 is 17.5 Å². The third-order valence-electron chi connectivity index (χ3n) is 4.14. The van der Waals surface area contributed by atoms with Crippen LogP contribution in [0.2, 0.25) is 0 Å². The molecule has 0 saturated carbocycles. The maximum absolute atomic E-state index is 12.5. The molecule has 0 aliphatic rings. The van der Waals surface area contributed by atoms with Crippen molar-refractivity contribution in [3.8, 4) is 11.6 Å². The Kier molecular flexibility index (Phi) is 5.90. The van der Waals surface area contributed by atoms with Crippen LogP contribution in [0.4, 0.5) is 0 Å². The van der Waals surface area contributed by atoms with Crippen molar-refractivity contribution in [2.24, 2.45) is 0 Å². The first-order valence-corrected chi connectivity index (χ1v) is 9.28. The quantitative estimate of drug-likeness (QED) is 0.443. The highest BCUT2D eigenvalue weighted by atomic mass is 32.2. The van der Waals surface area contributed by atoms with Gasteiger partial charge < -0.3 is 9.15 Å². The fraction of sp³-hybridized carbons (Fsp3) is 0.316. The molecular formula is C19H21N3O3S. The first kappa shape index (κ1) is 18.4. The number of ketones is 1. The summed E-state index contributed by atoms with van der Waals surface area (Å²) in [6.07, 6.45) is 1.60. The van der Waals surface area contributed by atoms with Gasteiger partial charge in [-0.05, 0) is 43.2 Å². The summed E-state index contributed by atoms with van der Waals surface area (Å²) in [5.41, 5.74) is 3.01. The predicted octanol–water partition coefficient (Wildman–Crippen LogP) is 3.78. The number of ether oxygens (including phenoxy) is 1. The number of hydrogen-bond acceptors (Lipinski definition) is 6. The zero-order valence-corrected chi connectivity index (χ0v) is 15.9. The second-order valence-electron chi connectivity index (χ2n) is 5.94. The number of rotatable bonds is 8. The van der Waals surface area contributed by atoms with Crippen LogP contribution in [0.15, 0.2) is 46.2 Å². The summed E-state index contributed by atoms with van der Waals surface area (Å²) in [5.74, 6) is 1.64. The van der Waals surface area contributed by atoms with Gasteiger partial charge in [0.1, 0.15) is 0 Å². The number of carbonyl (C=O) groups is 1. The number of aromatic nitrogens is 3. The molecule has 136 valence electrons. The van der Waals surface area contributed by atoms with E-state index in [4.69, 9.17) is 9.15 Å². The van der Waals surface area contributed by atoms with Crippen molar-refractivity contribution < 1.29 is 13.9 Å². The van der Waals surface area contributed by atoms with Crippen molar-refractivity contribution in [1.82, 2.24) is 14.8 Å². The van der Waals surface area contributed by atoms with E-state index in [1.807, 2.05) is 42.7 Å². The number of thioether (sulfide) groups is 1. The summed E-state index contributed by atoms with van der Waals surface area (Å²) >= 11 is 1.37. The fourth-order valence-electron chi connectivity index (χ4n) is 2.50. The molecule has 26 heavy (non-hydrogen) atoms. The number of benzene rings is 1. The van der Waals surface area contributed by atoms with E-state index in [0.29, 0.717) is 35.6 Å². The Morgan fingerprint density at radius 3 is 2.77 bits per heavy atom. The maximum atomic E-state index is 12.5. The van der Waals surface area contributed by atoms with Crippen LogP contribution in [0.3, 0.4) is 0 Å². The largest absolute Gasteiger partial charge is 0.461 e. The van der Waals surface area contributed by atoms with Gasteiger partial charge in [0.25, 0.3) is 0 Å². The number of furan rings is 1. The van der Waals surface area contributed by atoms with Gasteiger partial charge in [0, 0.05) is 12.7 Å². The van der Waals surface area contributed by atoms with Gasteiger partial charge in [-0.3, -0.25) is 9.36 Å². The van der Waals surface area contributed by atoms with E-state index in [9.17, 15) is 4.79 Å². The lowest BCUT2D eigenvalue weighted by Crippen LogP contribution is -2.09. The average Bonchev–Trinajstić information content (AvgIpc) is 3.29. The van der Waals surface area contributed by atoms with Crippen LogP contribution in [0, 0.1) is 13.8 Å². The van der Waals surface area contributed by atoms with Crippen LogP contribution in [0.5, 0.6) is 0 Å². The molecule has 0 radical (unpaired) electrons.